The van der Waals surface area contributed by atoms with Crippen LogP contribution in [0.15, 0.2) is 66.2 Å². The highest BCUT2D eigenvalue weighted by atomic mass is 32.1. The molecule has 5 N–H and O–H groups in total. The number of rotatable bonds is 6. The van der Waals surface area contributed by atoms with Crippen molar-refractivity contribution in [2.24, 2.45) is 5.92 Å². The van der Waals surface area contributed by atoms with E-state index in [1.165, 1.54) is 13.1 Å². The van der Waals surface area contributed by atoms with Crippen molar-refractivity contribution in [1.29, 1.82) is 0 Å². The molecule has 3 aliphatic rings. The quantitative estimate of drug-likeness (QED) is 0.250. The Labute approximate surface area is 284 Å². The first-order valence-electron chi connectivity index (χ1n) is 16.2. The van der Waals surface area contributed by atoms with Crippen LogP contribution in [0.4, 0.5) is 0 Å². The second-order valence-electron chi connectivity index (χ2n) is 13.0. The van der Waals surface area contributed by atoms with Gasteiger partial charge >= 0.3 is 0 Å². The van der Waals surface area contributed by atoms with E-state index in [0.29, 0.717) is 30.6 Å². The molecule has 6 rings (SSSR count). The molecule has 3 heterocycles. The zero-order valence-electron chi connectivity index (χ0n) is 27.3. The number of ether oxygens (including phenoxy) is 1. The second kappa shape index (κ2) is 15.4. The van der Waals surface area contributed by atoms with Gasteiger partial charge in [-0.05, 0) is 66.9 Å². The number of carbonyl (C=O) groups is 5. The third kappa shape index (κ3) is 9.18. The van der Waals surface area contributed by atoms with Gasteiger partial charge in [-0.25, -0.2) is 4.37 Å². The molecule has 3 aromatic rings. The van der Waals surface area contributed by atoms with Crippen LogP contribution in [0.5, 0.6) is 5.75 Å². The molecule has 1 spiro atoms. The number of nitrogens with zero attached hydrogens (tertiary/aromatic N) is 1. The Kier molecular flexibility index (Phi) is 11.1. The first-order valence-corrected chi connectivity index (χ1v) is 17.0. The van der Waals surface area contributed by atoms with E-state index in [1.54, 1.807) is 29.6 Å². The minimum absolute atomic E-state index is 0.144. The number of fused-ring (bicyclic) bond motifs is 15. The SMILES string of the molecule is CC(C)C[C@H]1COc2ccc(cc2)C[C@H](NC(=O)c2cnsc2)C(=O)N[C@H](C)C(=O)NC2(CC2)C(=O)N[C@H](Cc2ccccc2)C(=O)N1. The molecular formula is C35H42N6O6S. The average molecular weight is 675 g/mol. The van der Waals surface area contributed by atoms with Gasteiger partial charge in [-0.3, -0.25) is 24.0 Å². The summed E-state index contributed by atoms with van der Waals surface area (Å²) in [7, 11) is 0. The zero-order valence-corrected chi connectivity index (χ0v) is 28.1. The van der Waals surface area contributed by atoms with Crippen LogP contribution in [0.3, 0.4) is 0 Å². The molecule has 2 bridgehead atoms. The molecule has 1 aliphatic carbocycles. The predicted molar refractivity (Wildman–Crippen MR) is 180 cm³/mol. The largest absolute Gasteiger partial charge is 0.491 e. The number of nitrogens with one attached hydrogen (secondary N) is 5. The van der Waals surface area contributed by atoms with Crippen LogP contribution in [-0.4, -0.2) is 70.2 Å². The summed E-state index contributed by atoms with van der Waals surface area (Å²) >= 11 is 1.12. The Hall–Kier alpha value is -4.78. The lowest BCUT2D eigenvalue weighted by molar-refractivity contribution is -0.134. The van der Waals surface area contributed by atoms with Gasteiger partial charge in [-0.1, -0.05) is 56.3 Å². The van der Waals surface area contributed by atoms with Gasteiger partial charge < -0.3 is 31.3 Å². The van der Waals surface area contributed by atoms with E-state index in [1.807, 2.05) is 30.3 Å². The van der Waals surface area contributed by atoms with E-state index < -0.39 is 47.3 Å². The van der Waals surface area contributed by atoms with Crippen LogP contribution >= 0.6 is 11.5 Å². The van der Waals surface area contributed by atoms with Crippen molar-refractivity contribution in [2.45, 2.75) is 82.6 Å². The Balaban J connectivity index is 1.42. The molecule has 13 heteroatoms. The molecule has 1 saturated carbocycles. The van der Waals surface area contributed by atoms with Crippen LogP contribution in [0, 0.1) is 5.92 Å². The summed E-state index contributed by atoms with van der Waals surface area (Å²) in [6, 6.07) is 13.3. The number of aromatic nitrogens is 1. The first-order chi connectivity index (χ1) is 23.0. The maximum Gasteiger partial charge on any atom is 0.254 e. The fourth-order valence-corrected chi connectivity index (χ4v) is 6.09. The molecule has 254 valence electrons. The van der Waals surface area contributed by atoms with Gasteiger partial charge in [0, 0.05) is 18.2 Å². The van der Waals surface area contributed by atoms with Crippen molar-refractivity contribution in [1.82, 2.24) is 31.0 Å². The van der Waals surface area contributed by atoms with Crippen molar-refractivity contribution >= 4 is 41.1 Å². The molecule has 0 saturated heterocycles. The summed E-state index contributed by atoms with van der Waals surface area (Å²) < 4.78 is 10.1. The second-order valence-corrected chi connectivity index (χ2v) is 13.6. The van der Waals surface area contributed by atoms with Gasteiger partial charge in [-0.2, -0.15) is 0 Å². The van der Waals surface area contributed by atoms with Gasteiger partial charge in [0.1, 0.15) is 36.0 Å². The summed E-state index contributed by atoms with van der Waals surface area (Å²) in [6.07, 6.45) is 3.23. The van der Waals surface area contributed by atoms with E-state index in [0.717, 1.165) is 22.7 Å². The summed E-state index contributed by atoms with van der Waals surface area (Å²) in [5, 5.41) is 15.8. The minimum Gasteiger partial charge on any atom is -0.491 e. The minimum atomic E-state index is -1.20. The van der Waals surface area contributed by atoms with E-state index >= 15 is 0 Å². The van der Waals surface area contributed by atoms with Crippen molar-refractivity contribution in [2.75, 3.05) is 6.61 Å². The highest BCUT2D eigenvalue weighted by Crippen LogP contribution is 2.36. The maximum atomic E-state index is 13.8. The molecular weight excluding hydrogens is 632 g/mol. The molecule has 1 fully saturated rings. The third-order valence-corrected chi connectivity index (χ3v) is 9.02. The molecule has 4 atom stereocenters. The third-order valence-electron chi connectivity index (χ3n) is 8.44. The van der Waals surface area contributed by atoms with E-state index in [-0.39, 0.29) is 37.3 Å². The monoisotopic (exact) mass is 674 g/mol. The number of benzene rings is 2. The Bertz CT molecular complexity index is 1590. The Morgan fingerprint density at radius 2 is 1.71 bits per heavy atom. The van der Waals surface area contributed by atoms with Gasteiger partial charge in [0.2, 0.25) is 23.6 Å². The van der Waals surface area contributed by atoms with Crippen LogP contribution in [-0.2, 0) is 32.0 Å². The maximum absolute atomic E-state index is 13.8. The molecule has 2 aromatic carbocycles. The van der Waals surface area contributed by atoms with Crippen molar-refractivity contribution in [3.63, 3.8) is 0 Å². The molecule has 0 radical (unpaired) electrons. The fourth-order valence-electron chi connectivity index (χ4n) is 5.57. The van der Waals surface area contributed by atoms with Crippen LogP contribution in [0.25, 0.3) is 0 Å². The summed E-state index contributed by atoms with van der Waals surface area (Å²) in [4.78, 5) is 67.2. The van der Waals surface area contributed by atoms with Crippen molar-refractivity contribution < 1.29 is 28.7 Å². The van der Waals surface area contributed by atoms with E-state index in [4.69, 9.17) is 4.74 Å². The fraction of sp³-hybridized carbons (Fsp3) is 0.429. The summed E-state index contributed by atoms with van der Waals surface area (Å²) in [5.74, 6) is -1.57. The van der Waals surface area contributed by atoms with Crippen LogP contribution in [0.1, 0.15) is 61.5 Å². The molecule has 12 nitrogen and oxygen atoms in total. The van der Waals surface area contributed by atoms with Gasteiger partial charge in [0.05, 0.1) is 17.8 Å². The molecule has 1 aromatic heterocycles. The molecule has 0 unspecified atom stereocenters. The smallest absolute Gasteiger partial charge is 0.254 e. The Morgan fingerprint density at radius 3 is 2.35 bits per heavy atom. The predicted octanol–water partition coefficient (Wildman–Crippen LogP) is 2.29. The zero-order chi connectivity index (χ0) is 34.3. The number of hydrogen-bond donors (Lipinski definition) is 5. The van der Waals surface area contributed by atoms with Crippen molar-refractivity contribution in [3.8, 4) is 5.75 Å². The first kappa shape index (κ1) is 34.6. The van der Waals surface area contributed by atoms with Gasteiger partial charge in [0.15, 0.2) is 0 Å². The highest BCUT2D eigenvalue weighted by Gasteiger charge is 2.52. The highest BCUT2D eigenvalue weighted by molar-refractivity contribution is 7.03. The van der Waals surface area contributed by atoms with Crippen LogP contribution in [0.2, 0.25) is 0 Å². The van der Waals surface area contributed by atoms with E-state index in [9.17, 15) is 24.0 Å². The van der Waals surface area contributed by atoms with Gasteiger partial charge in [0.25, 0.3) is 5.91 Å². The number of hydrogen-bond acceptors (Lipinski definition) is 8. The van der Waals surface area contributed by atoms with Crippen molar-refractivity contribution in [3.05, 3.63) is 82.9 Å². The Morgan fingerprint density at radius 1 is 0.979 bits per heavy atom. The van der Waals surface area contributed by atoms with Gasteiger partial charge in [-0.15, -0.1) is 0 Å². The molecule has 48 heavy (non-hydrogen) atoms. The summed E-state index contributed by atoms with van der Waals surface area (Å²) in [6.45, 7) is 5.83. The summed E-state index contributed by atoms with van der Waals surface area (Å²) in [5.41, 5.74) is 0.741. The average Bonchev–Trinajstić information content (AvgIpc) is 3.62. The topological polar surface area (TPSA) is 168 Å². The standard InChI is InChI=1S/C35H42N6O6S/c1-21(2)15-26-19-47-27-11-9-24(10-12-27)17-28(39-31(43)25-18-36-48-20-25)32(44)37-22(3)30(42)41-35(13-14-35)34(46)40-29(33(45)38-26)16-23-7-5-4-6-8-23/h4-12,18,20-22,26,28-29H,13-17,19H2,1-3H3,(H,37,44)(H,38,45)(H,39,43)(H,40,46)(H,41,42)/t22-,26+,28+,29-/m1/s1. The lowest BCUT2D eigenvalue weighted by atomic mass is 10.0. The normalized spacial score (nSPS) is 23.3. The lowest BCUT2D eigenvalue weighted by Crippen LogP contribution is -2.59. The molecule has 5 amide bonds. The van der Waals surface area contributed by atoms with E-state index in [2.05, 4.69) is 44.8 Å². The number of carbonyl (C=O) groups excluding carboxylic acids is 5. The lowest BCUT2D eigenvalue weighted by Gasteiger charge is -2.27. The molecule has 2 aliphatic heterocycles. The van der Waals surface area contributed by atoms with Crippen LogP contribution < -0.4 is 31.3 Å². The number of amides is 5.